The van der Waals surface area contributed by atoms with Crippen molar-refractivity contribution in [2.75, 3.05) is 6.54 Å². The van der Waals surface area contributed by atoms with Crippen molar-refractivity contribution < 1.29 is 24.2 Å². The Bertz CT molecular complexity index is 805. The lowest BCUT2D eigenvalue weighted by Gasteiger charge is -2.44. The predicted octanol–water partition coefficient (Wildman–Crippen LogP) is 4.80. The Morgan fingerprint density at radius 1 is 1.17 bits per heavy atom. The number of esters is 1. The zero-order valence-electron chi connectivity index (χ0n) is 19.2. The van der Waals surface area contributed by atoms with Crippen LogP contribution in [0.3, 0.4) is 0 Å². The number of likely N-dealkylation sites (tertiary alicyclic amines) is 1. The summed E-state index contributed by atoms with van der Waals surface area (Å²) >= 11 is 0. The first-order valence-electron chi connectivity index (χ1n) is 10.5. The number of carboxylic acid groups (broad SMARTS) is 1. The fourth-order valence-corrected chi connectivity index (χ4v) is 4.69. The van der Waals surface area contributed by atoms with E-state index in [0.29, 0.717) is 24.9 Å². The van der Waals surface area contributed by atoms with Crippen LogP contribution in [0, 0.1) is 16.7 Å². The van der Waals surface area contributed by atoms with Gasteiger partial charge in [0.15, 0.2) is 0 Å². The van der Waals surface area contributed by atoms with Gasteiger partial charge in [0, 0.05) is 18.2 Å². The van der Waals surface area contributed by atoms with Gasteiger partial charge in [-0.25, -0.2) is 4.79 Å². The fraction of sp³-hybridized carbons (Fsp3) is 0.625. The van der Waals surface area contributed by atoms with Crippen LogP contribution < -0.4 is 0 Å². The summed E-state index contributed by atoms with van der Waals surface area (Å²) in [6, 6.07) is 6.87. The molecule has 166 valence electrons. The first kappa shape index (κ1) is 23.9. The molecule has 1 amide bonds. The number of carbonyl (C=O) groups excluding carboxylic acids is 2. The lowest BCUT2D eigenvalue weighted by Crippen LogP contribution is -2.52. The van der Waals surface area contributed by atoms with Gasteiger partial charge >= 0.3 is 12.1 Å². The number of aldehydes is 1. The second kappa shape index (κ2) is 8.40. The van der Waals surface area contributed by atoms with Gasteiger partial charge in [0.05, 0.1) is 5.41 Å². The summed E-state index contributed by atoms with van der Waals surface area (Å²) in [7, 11) is 0. The Morgan fingerprint density at radius 3 is 2.30 bits per heavy atom. The van der Waals surface area contributed by atoms with Crippen molar-refractivity contribution in [2.24, 2.45) is 16.7 Å². The topological polar surface area (TPSA) is 83.9 Å². The first-order valence-corrected chi connectivity index (χ1v) is 10.5. The molecule has 1 aliphatic heterocycles. The van der Waals surface area contributed by atoms with Gasteiger partial charge in [-0.2, -0.15) is 0 Å². The van der Waals surface area contributed by atoms with E-state index in [1.165, 1.54) is 4.90 Å². The Morgan fingerprint density at radius 2 is 1.80 bits per heavy atom. The highest BCUT2D eigenvalue weighted by molar-refractivity contribution is 5.79. The van der Waals surface area contributed by atoms with E-state index in [1.54, 1.807) is 18.2 Å². The fourth-order valence-electron chi connectivity index (χ4n) is 4.69. The third kappa shape index (κ3) is 5.21. The van der Waals surface area contributed by atoms with E-state index >= 15 is 0 Å². The molecule has 1 aliphatic rings. The molecular weight excluding hydrogens is 382 g/mol. The number of hydrogen-bond acceptors (Lipinski definition) is 4. The molecule has 6 heteroatoms. The van der Waals surface area contributed by atoms with Gasteiger partial charge in [0.2, 0.25) is 0 Å². The van der Waals surface area contributed by atoms with Gasteiger partial charge in [-0.1, -0.05) is 39.0 Å². The lowest BCUT2D eigenvalue weighted by atomic mass is 9.64. The maximum atomic E-state index is 13.5. The van der Waals surface area contributed by atoms with E-state index in [4.69, 9.17) is 4.74 Å². The highest BCUT2D eigenvalue weighted by Gasteiger charge is 2.55. The molecule has 0 aromatic heterocycles. The summed E-state index contributed by atoms with van der Waals surface area (Å²) in [5, 5.41) is 9.78. The van der Waals surface area contributed by atoms with Crippen molar-refractivity contribution in [3.8, 4) is 0 Å². The van der Waals surface area contributed by atoms with Gasteiger partial charge in [0.1, 0.15) is 11.9 Å². The second-order valence-electron chi connectivity index (χ2n) is 10.6. The smallest absolute Gasteiger partial charge is 0.407 e. The minimum Gasteiger partial charge on any atom is -0.465 e. The molecule has 0 saturated carbocycles. The van der Waals surface area contributed by atoms with E-state index in [1.807, 2.05) is 54.5 Å². The standard InChI is InChI=1S/C24H35NO5/c1-22(2,3)19-18(11-12-25(19)21(28)29)24(7,20(27)30-23(4,5)6)14-16-9-8-10-17(13-16)15-26/h8-10,13,15,18-19H,11-12,14H2,1-7H3,(H,28,29)/t18-,19?,24?/m0/s1. The highest BCUT2D eigenvalue weighted by Crippen LogP contribution is 2.48. The Balaban J connectivity index is 2.55. The van der Waals surface area contributed by atoms with Crippen LogP contribution in [0.4, 0.5) is 4.79 Å². The largest absolute Gasteiger partial charge is 0.465 e. The second-order valence-corrected chi connectivity index (χ2v) is 10.6. The van der Waals surface area contributed by atoms with Crippen LogP contribution in [0.1, 0.15) is 70.8 Å². The van der Waals surface area contributed by atoms with Gasteiger partial charge in [-0.05, 0) is 63.5 Å². The molecule has 1 aromatic rings. The van der Waals surface area contributed by atoms with Gasteiger partial charge < -0.3 is 14.7 Å². The SMILES string of the molecule is CC(C)(C)OC(=O)C(C)(Cc1cccc(C=O)c1)[C@H]1CCN(C(=O)O)C1C(C)(C)C. The molecule has 0 aliphatic carbocycles. The average Bonchev–Trinajstić information content (AvgIpc) is 3.06. The first-order chi connectivity index (χ1) is 13.7. The molecule has 2 unspecified atom stereocenters. The van der Waals surface area contributed by atoms with Crippen molar-refractivity contribution in [3.05, 3.63) is 35.4 Å². The molecule has 2 rings (SSSR count). The molecule has 3 atom stereocenters. The Hall–Kier alpha value is -2.37. The van der Waals surface area contributed by atoms with Crippen molar-refractivity contribution in [2.45, 2.75) is 73.0 Å². The molecular formula is C24H35NO5. The van der Waals surface area contributed by atoms with E-state index in [0.717, 1.165) is 11.8 Å². The summed E-state index contributed by atoms with van der Waals surface area (Å²) in [5.41, 5.74) is -0.560. The summed E-state index contributed by atoms with van der Waals surface area (Å²) in [6.45, 7) is 13.8. The molecule has 1 saturated heterocycles. The maximum Gasteiger partial charge on any atom is 0.407 e. The number of carbonyl (C=O) groups is 3. The van der Waals surface area contributed by atoms with E-state index < -0.39 is 17.1 Å². The normalized spacial score (nSPS) is 21.8. The molecule has 30 heavy (non-hydrogen) atoms. The van der Waals surface area contributed by atoms with E-state index in [-0.39, 0.29) is 23.3 Å². The monoisotopic (exact) mass is 417 g/mol. The van der Waals surface area contributed by atoms with Crippen molar-refractivity contribution >= 4 is 18.3 Å². The van der Waals surface area contributed by atoms with Gasteiger partial charge in [-0.15, -0.1) is 0 Å². The summed E-state index contributed by atoms with van der Waals surface area (Å²) in [5.74, 6) is -0.554. The van der Waals surface area contributed by atoms with Crippen LogP contribution in [0.2, 0.25) is 0 Å². The lowest BCUT2D eigenvalue weighted by molar-refractivity contribution is -0.171. The maximum absolute atomic E-state index is 13.5. The predicted molar refractivity (Wildman–Crippen MR) is 116 cm³/mol. The number of rotatable bonds is 5. The molecule has 1 heterocycles. The summed E-state index contributed by atoms with van der Waals surface area (Å²) in [6.07, 6.45) is 0.770. The number of hydrogen-bond donors (Lipinski definition) is 1. The Labute approximate surface area is 179 Å². The minimum atomic E-state index is -0.966. The average molecular weight is 418 g/mol. The quantitative estimate of drug-likeness (QED) is 0.549. The van der Waals surface area contributed by atoms with Crippen LogP contribution in [0.25, 0.3) is 0 Å². The van der Waals surface area contributed by atoms with Crippen LogP contribution in [0.15, 0.2) is 24.3 Å². The van der Waals surface area contributed by atoms with Gasteiger partial charge in [0.25, 0.3) is 0 Å². The van der Waals surface area contributed by atoms with Crippen molar-refractivity contribution in [1.82, 2.24) is 4.90 Å². The van der Waals surface area contributed by atoms with Crippen LogP contribution >= 0.6 is 0 Å². The number of ether oxygens (including phenoxy) is 1. The summed E-state index contributed by atoms with van der Waals surface area (Å²) in [4.78, 5) is 38.2. The number of benzene rings is 1. The minimum absolute atomic E-state index is 0.219. The molecule has 1 aromatic carbocycles. The van der Waals surface area contributed by atoms with E-state index in [9.17, 15) is 19.5 Å². The van der Waals surface area contributed by atoms with Crippen molar-refractivity contribution in [3.63, 3.8) is 0 Å². The molecule has 0 bridgehead atoms. The molecule has 6 nitrogen and oxygen atoms in total. The van der Waals surface area contributed by atoms with E-state index in [2.05, 4.69) is 0 Å². The molecule has 1 N–H and O–H groups in total. The van der Waals surface area contributed by atoms with Crippen LogP contribution in [-0.2, 0) is 16.0 Å². The zero-order chi connectivity index (χ0) is 22.9. The highest BCUT2D eigenvalue weighted by atomic mass is 16.6. The third-order valence-corrected chi connectivity index (χ3v) is 5.87. The van der Waals surface area contributed by atoms with Crippen LogP contribution in [-0.4, -0.2) is 46.5 Å². The Kier molecular flexibility index (Phi) is 6.69. The molecule has 0 radical (unpaired) electrons. The molecule has 0 spiro atoms. The number of nitrogens with zero attached hydrogens (tertiary/aromatic N) is 1. The summed E-state index contributed by atoms with van der Waals surface area (Å²) < 4.78 is 5.83. The van der Waals surface area contributed by atoms with Crippen molar-refractivity contribution in [1.29, 1.82) is 0 Å². The zero-order valence-corrected chi connectivity index (χ0v) is 19.2. The van der Waals surface area contributed by atoms with Gasteiger partial charge in [-0.3, -0.25) is 9.59 Å². The third-order valence-electron chi connectivity index (χ3n) is 5.87. The molecule has 1 fully saturated rings. The number of amides is 1. The van der Waals surface area contributed by atoms with Crippen LogP contribution in [0.5, 0.6) is 0 Å².